The normalized spacial score (nSPS) is 20.1. The Morgan fingerprint density at radius 3 is 0.295 bits per heavy atom. The Labute approximate surface area is 273 Å². The standard InChI is InChI=1S/2C12H24O6.2B2H5.2BH5N/c2*1-2-14-5-6-16-9-10-18-12-11-17-8-7-15-4-3-13-1;4*1-2/h2*1-12H2;4*1H2,2H3/q;;2*-1;2*+1. The summed E-state index contributed by atoms with van der Waals surface area (Å²) in [6.07, 6.45) is 0. The Bertz CT molecular complexity index is 256. The minimum absolute atomic E-state index is 0.586. The van der Waals surface area contributed by atoms with Gasteiger partial charge < -0.3 is 68.1 Å². The fraction of sp³-hybridized carbons (Fsp3) is 1.00. The van der Waals surface area contributed by atoms with Crippen LogP contribution in [0.4, 0.5) is 0 Å². The van der Waals surface area contributed by atoms with Crippen molar-refractivity contribution in [2.45, 2.75) is 0 Å². The molecule has 2 rings (SSSR count). The maximum absolute atomic E-state index is 5.33. The molecule has 0 atom stereocenters. The highest BCUT2D eigenvalue weighted by Crippen LogP contribution is 1.88. The zero-order valence-electron chi connectivity index (χ0n) is 27.3. The maximum atomic E-state index is 5.33. The summed E-state index contributed by atoms with van der Waals surface area (Å²) < 4.78 is 63.9. The van der Waals surface area contributed by atoms with E-state index in [1.54, 1.807) is 16.0 Å². The van der Waals surface area contributed by atoms with E-state index in [9.17, 15) is 0 Å². The highest BCUT2D eigenvalue weighted by Gasteiger charge is 1.97. The van der Waals surface area contributed by atoms with Crippen molar-refractivity contribution < 1.29 is 68.1 Å². The quantitative estimate of drug-likeness (QED) is 0.240. The maximum Gasteiger partial charge on any atom is 0.368 e. The summed E-state index contributed by atoms with van der Waals surface area (Å²) in [6, 6.07) is 0. The molecule has 0 amide bonds. The molecule has 2 aliphatic heterocycles. The van der Waals surface area contributed by atoms with Crippen molar-refractivity contribution >= 4 is 46.9 Å². The van der Waals surface area contributed by atoms with Crippen molar-refractivity contribution in [3.63, 3.8) is 0 Å². The van der Waals surface area contributed by atoms with Crippen LogP contribution in [0.3, 0.4) is 0 Å². The molecule has 0 saturated carbocycles. The lowest BCUT2D eigenvalue weighted by Crippen LogP contribution is -2.44. The van der Waals surface area contributed by atoms with Gasteiger partial charge in [0, 0.05) is 0 Å². The van der Waals surface area contributed by atoms with Gasteiger partial charge in [-0.05, 0) is 0 Å². The van der Waals surface area contributed by atoms with Crippen LogP contribution in [0.2, 0.25) is 0 Å². The first-order chi connectivity index (χ1) is 22.0. The number of hydrogen-bond donors (Lipinski definition) is 2. The van der Waals surface area contributed by atoms with E-state index in [1.807, 2.05) is 0 Å². The molecule has 0 unspecified atom stereocenters. The fourth-order valence-corrected chi connectivity index (χ4v) is 2.64. The van der Waals surface area contributed by atoms with E-state index >= 15 is 0 Å². The van der Waals surface area contributed by atoms with Crippen LogP contribution in [-0.4, -0.2) is 205 Å². The molecule has 0 aromatic heterocycles. The molecule has 2 saturated heterocycles. The summed E-state index contributed by atoms with van der Waals surface area (Å²) >= 11 is 0. The van der Waals surface area contributed by atoms with E-state index in [4.69, 9.17) is 56.8 Å². The van der Waals surface area contributed by atoms with Crippen LogP contribution < -0.4 is 11.3 Å². The van der Waals surface area contributed by atoms with E-state index in [1.165, 1.54) is 0 Å². The van der Waals surface area contributed by atoms with E-state index in [2.05, 4.69) is 26.8 Å². The molecule has 0 aromatic rings. The largest absolute Gasteiger partial charge is 0.433 e. The minimum Gasteiger partial charge on any atom is -0.433 e. The average Bonchev–Trinajstić information content (AvgIpc) is 3.09. The topological polar surface area (TPSA) is 166 Å². The summed E-state index contributed by atoms with van der Waals surface area (Å²) in [6.45, 7) is 14.1. The molecule has 264 valence electrons. The molecule has 14 nitrogen and oxygen atoms in total. The third kappa shape index (κ3) is 54.3. The molecule has 6 N–H and O–H groups in total. The first-order valence-corrected chi connectivity index (χ1v) is 14.3. The van der Waals surface area contributed by atoms with Gasteiger partial charge in [-0.3, -0.25) is 0 Å². The molecule has 2 fully saturated rings. The fourth-order valence-electron chi connectivity index (χ4n) is 2.64. The molecule has 0 bridgehead atoms. The van der Waals surface area contributed by atoms with Crippen molar-refractivity contribution in [3.05, 3.63) is 0 Å². The van der Waals surface area contributed by atoms with Gasteiger partial charge in [-0.25, -0.2) is 0 Å². The molecule has 2 heterocycles. The summed E-state index contributed by atoms with van der Waals surface area (Å²) in [5.41, 5.74) is 6.50. The second-order valence-electron chi connectivity index (χ2n) is 7.35. The Morgan fingerprint density at radius 2 is 0.250 bits per heavy atom. The van der Waals surface area contributed by atoms with Crippen molar-refractivity contribution in [1.82, 2.24) is 0 Å². The van der Waals surface area contributed by atoms with Gasteiger partial charge in [0.15, 0.2) is 0 Å². The Hall–Kier alpha value is -0.170. The van der Waals surface area contributed by atoms with Crippen molar-refractivity contribution in [2.24, 2.45) is 0 Å². The van der Waals surface area contributed by atoms with Gasteiger partial charge in [-0.1, -0.05) is 30.9 Å². The van der Waals surface area contributed by atoms with Gasteiger partial charge in [0.2, 0.25) is 0 Å². The lowest BCUT2D eigenvalue weighted by Gasteiger charge is -2.09. The van der Waals surface area contributed by atoms with E-state index in [0.717, 1.165) is 15.5 Å². The Balaban J connectivity index is -0.000000296. The zero-order chi connectivity index (χ0) is 33.5. The smallest absolute Gasteiger partial charge is 0.368 e. The average molecular weight is 642 g/mol. The van der Waals surface area contributed by atoms with E-state index in [-0.39, 0.29) is 0 Å². The van der Waals surface area contributed by atoms with Gasteiger partial charge in [-0.2, -0.15) is 0 Å². The monoisotopic (exact) mass is 643 g/mol. The van der Waals surface area contributed by atoms with Crippen LogP contribution in [-0.2, 0) is 56.8 Å². The second kappa shape index (κ2) is 58.4. The molecular weight excluding hydrogens is 573 g/mol. The van der Waals surface area contributed by atoms with Crippen LogP contribution in [0.1, 0.15) is 0 Å². The van der Waals surface area contributed by atoms with Crippen molar-refractivity contribution in [3.8, 4) is 0 Å². The van der Waals surface area contributed by atoms with Crippen LogP contribution in [0, 0.1) is 0 Å². The Kier molecular flexibility index (Phi) is 67.2. The summed E-state index contributed by atoms with van der Waals surface area (Å²) in [5.74, 6) is 0. The minimum atomic E-state index is 0.586. The molecule has 0 radical (unpaired) electrons. The highest BCUT2D eigenvalue weighted by atomic mass is 16.6. The Morgan fingerprint density at radius 1 is 0.205 bits per heavy atom. The predicted octanol–water partition coefficient (Wildman–Crippen LogP) is -8.45. The number of rotatable bonds is 0. The summed E-state index contributed by atoms with van der Waals surface area (Å²) in [7, 11) is 9.50. The number of quaternary nitrogens is 2. The lowest BCUT2D eigenvalue weighted by molar-refractivity contribution is -0.170. The molecule has 20 heteroatoms. The van der Waals surface area contributed by atoms with E-state index < -0.39 is 0 Å². The zero-order valence-corrected chi connectivity index (χ0v) is 27.3. The van der Waals surface area contributed by atoms with Gasteiger partial charge in [0.1, 0.15) is 0 Å². The third-order valence-corrected chi connectivity index (χ3v) is 4.46. The van der Waals surface area contributed by atoms with Crippen LogP contribution >= 0.6 is 0 Å². The van der Waals surface area contributed by atoms with Crippen molar-refractivity contribution in [1.29, 1.82) is 0 Å². The summed E-state index contributed by atoms with van der Waals surface area (Å²) in [4.78, 5) is 0. The molecule has 0 aromatic carbocycles. The highest BCUT2D eigenvalue weighted by molar-refractivity contribution is 6.76. The van der Waals surface area contributed by atoms with Crippen molar-refractivity contribution in [2.75, 3.05) is 159 Å². The van der Waals surface area contributed by atoms with E-state index in [0.29, 0.717) is 159 Å². The molecular formula is C24H68B6N2O12. The summed E-state index contributed by atoms with van der Waals surface area (Å²) in [5, 5.41) is 0. The SMILES string of the molecule is B[BH3-].B[BH3-].B[NH3+].B[NH3+].C1COCCOCCOCCOCCOCCO1.C1COCCOCCOCCOCCOCCO1. The molecule has 0 aliphatic carbocycles. The first kappa shape index (κ1) is 50.7. The molecule has 2 aliphatic rings. The first-order valence-electron chi connectivity index (χ1n) is 14.3. The van der Waals surface area contributed by atoms with Crippen LogP contribution in [0.15, 0.2) is 0 Å². The third-order valence-electron chi connectivity index (χ3n) is 4.46. The van der Waals surface area contributed by atoms with Gasteiger partial charge >= 0.3 is 16.0 Å². The van der Waals surface area contributed by atoms with Gasteiger partial charge in [-0.15, -0.1) is 0 Å². The van der Waals surface area contributed by atoms with Crippen LogP contribution in [0.5, 0.6) is 0 Å². The predicted molar refractivity (Wildman–Crippen MR) is 190 cm³/mol. The second-order valence-corrected chi connectivity index (χ2v) is 7.35. The number of ether oxygens (including phenoxy) is 12. The van der Waals surface area contributed by atoms with Crippen LogP contribution in [0.25, 0.3) is 0 Å². The van der Waals surface area contributed by atoms with Gasteiger partial charge in [0.25, 0.3) is 0 Å². The van der Waals surface area contributed by atoms with Gasteiger partial charge in [0.05, 0.1) is 159 Å². The number of hydrogen-bond acceptors (Lipinski definition) is 12. The molecule has 0 spiro atoms. The lowest BCUT2D eigenvalue weighted by atomic mass is 9.81. The molecule has 44 heavy (non-hydrogen) atoms.